The van der Waals surface area contributed by atoms with Crippen molar-refractivity contribution in [2.75, 3.05) is 7.11 Å². The Kier molecular flexibility index (Phi) is 6.29. The van der Waals surface area contributed by atoms with Gasteiger partial charge in [-0.15, -0.1) is 0 Å². The molecule has 0 atom stereocenters. The van der Waals surface area contributed by atoms with E-state index in [-0.39, 0.29) is 6.61 Å². The lowest BCUT2D eigenvalue weighted by Crippen LogP contribution is -2.01. The van der Waals surface area contributed by atoms with Crippen molar-refractivity contribution in [1.29, 1.82) is 5.26 Å². The van der Waals surface area contributed by atoms with Gasteiger partial charge in [-0.3, -0.25) is 0 Å². The fraction of sp³-hybridized carbons (Fsp3) is 0.111. The molecule has 128 valence electrons. The highest BCUT2D eigenvalue weighted by molar-refractivity contribution is 6.35. The molecule has 2 rings (SSSR count). The zero-order valence-electron chi connectivity index (χ0n) is 13.1. The molecule has 0 aliphatic rings. The SMILES string of the molecule is COc1ccc(C=C(C#N)C(=O)O)c(OCc2c(Cl)cccc2Cl)c1. The molecule has 0 saturated heterocycles. The van der Waals surface area contributed by atoms with E-state index in [0.717, 1.165) is 0 Å². The molecular formula is C18H13Cl2NO4. The first-order chi connectivity index (χ1) is 12.0. The Balaban J connectivity index is 2.38. The molecule has 0 amide bonds. The number of carboxylic acid groups (broad SMARTS) is 1. The summed E-state index contributed by atoms with van der Waals surface area (Å²) in [5, 5.41) is 18.9. The molecule has 0 fully saturated rings. The molecular weight excluding hydrogens is 365 g/mol. The van der Waals surface area contributed by atoms with Crippen LogP contribution in [0.5, 0.6) is 11.5 Å². The van der Waals surface area contributed by atoms with E-state index in [1.807, 2.05) is 0 Å². The van der Waals surface area contributed by atoms with E-state index < -0.39 is 11.5 Å². The molecule has 0 saturated carbocycles. The summed E-state index contributed by atoms with van der Waals surface area (Å²) < 4.78 is 10.9. The molecule has 0 heterocycles. The second-order valence-electron chi connectivity index (χ2n) is 4.87. The quantitative estimate of drug-likeness (QED) is 0.588. The number of hydrogen-bond acceptors (Lipinski definition) is 4. The summed E-state index contributed by atoms with van der Waals surface area (Å²) in [7, 11) is 1.50. The maximum Gasteiger partial charge on any atom is 0.346 e. The van der Waals surface area contributed by atoms with Gasteiger partial charge in [0.15, 0.2) is 0 Å². The number of ether oxygens (including phenoxy) is 2. The van der Waals surface area contributed by atoms with Crippen LogP contribution in [-0.4, -0.2) is 18.2 Å². The fourth-order valence-electron chi connectivity index (χ4n) is 2.00. The van der Waals surface area contributed by atoms with Crippen LogP contribution in [-0.2, 0) is 11.4 Å². The molecule has 0 bridgehead atoms. The topological polar surface area (TPSA) is 79.5 Å². The lowest BCUT2D eigenvalue weighted by atomic mass is 10.1. The number of hydrogen-bond donors (Lipinski definition) is 1. The van der Waals surface area contributed by atoms with Crippen molar-refractivity contribution < 1.29 is 19.4 Å². The van der Waals surface area contributed by atoms with Crippen molar-refractivity contribution in [2.45, 2.75) is 6.61 Å². The van der Waals surface area contributed by atoms with Gasteiger partial charge >= 0.3 is 5.97 Å². The minimum absolute atomic E-state index is 0.0709. The van der Waals surface area contributed by atoms with Gasteiger partial charge in [0.1, 0.15) is 29.7 Å². The van der Waals surface area contributed by atoms with Crippen molar-refractivity contribution in [3.63, 3.8) is 0 Å². The maximum absolute atomic E-state index is 11.0. The first-order valence-electron chi connectivity index (χ1n) is 7.05. The second kappa shape index (κ2) is 8.43. The van der Waals surface area contributed by atoms with Crippen LogP contribution < -0.4 is 9.47 Å². The first kappa shape index (κ1) is 18.7. The van der Waals surface area contributed by atoms with E-state index in [0.29, 0.717) is 32.7 Å². The normalized spacial score (nSPS) is 10.9. The molecule has 0 aromatic heterocycles. The Morgan fingerprint density at radius 2 is 1.96 bits per heavy atom. The Morgan fingerprint density at radius 1 is 1.28 bits per heavy atom. The highest BCUT2D eigenvalue weighted by Crippen LogP contribution is 2.30. The molecule has 1 N–H and O–H groups in total. The van der Waals surface area contributed by atoms with Crippen LogP contribution in [0.25, 0.3) is 6.08 Å². The summed E-state index contributed by atoms with van der Waals surface area (Å²) in [6.45, 7) is 0.0709. The number of methoxy groups -OCH3 is 1. The van der Waals surface area contributed by atoms with Gasteiger partial charge in [0.2, 0.25) is 0 Å². The fourth-order valence-corrected chi connectivity index (χ4v) is 2.51. The Bertz CT molecular complexity index is 852. The smallest absolute Gasteiger partial charge is 0.346 e. The third-order valence-electron chi connectivity index (χ3n) is 3.31. The highest BCUT2D eigenvalue weighted by atomic mass is 35.5. The number of nitriles is 1. The van der Waals surface area contributed by atoms with E-state index in [1.54, 1.807) is 42.5 Å². The van der Waals surface area contributed by atoms with Crippen molar-refractivity contribution in [1.82, 2.24) is 0 Å². The molecule has 25 heavy (non-hydrogen) atoms. The van der Waals surface area contributed by atoms with E-state index in [2.05, 4.69) is 0 Å². The summed E-state index contributed by atoms with van der Waals surface area (Å²) >= 11 is 12.2. The molecule has 5 nitrogen and oxygen atoms in total. The van der Waals surface area contributed by atoms with Crippen LogP contribution in [0.1, 0.15) is 11.1 Å². The molecule has 0 aliphatic heterocycles. The molecule has 0 aliphatic carbocycles. The number of benzene rings is 2. The molecule has 0 spiro atoms. The molecule has 2 aromatic rings. The van der Waals surface area contributed by atoms with Gasteiger partial charge < -0.3 is 14.6 Å². The number of carboxylic acids is 1. The predicted molar refractivity (Wildman–Crippen MR) is 95.0 cm³/mol. The monoisotopic (exact) mass is 377 g/mol. The van der Waals surface area contributed by atoms with Crippen molar-refractivity contribution in [3.8, 4) is 17.6 Å². The molecule has 7 heteroatoms. The van der Waals surface area contributed by atoms with Crippen LogP contribution in [0, 0.1) is 11.3 Å². The Labute approximate surface area is 154 Å². The minimum Gasteiger partial charge on any atom is -0.497 e. The van der Waals surface area contributed by atoms with Gasteiger partial charge in [0.25, 0.3) is 0 Å². The van der Waals surface area contributed by atoms with Crippen molar-refractivity contribution in [3.05, 3.63) is 63.1 Å². The van der Waals surface area contributed by atoms with E-state index >= 15 is 0 Å². The molecule has 0 unspecified atom stereocenters. The van der Waals surface area contributed by atoms with E-state index in [1.165, 1.54) is 13.2 Å². The summed E-state index contributed by atoms with van der Waals surface area (Å²) in [5.41, 5.74) is 0.607. The average molecular weight is 378 g/mol. The molecule has 0 radical (unpaired) electrons. The lowest BCUT2D eigenvalue weighted by Gasteiger charge is -2.13. The van der Waals surface area contributed by atoms with Gasteiger partial charge in [-0.25, -0.2) is 4.79 Å². The Morgan fingerprint density at radius 3 is 2.52 bits per heavy atom. The van der Waals surface area contributed by atoms with Crippen LogP contribution in [0.4, 0.5) is 0 Å². The van der Waals surface area contributed by atoms with Gasteiger partial charge in [-0.2, -0.15) is 5.26 Å². The number of carbonyl (C=O) groups is 1. The van der Waals surface area contributed by atoms with Gasteiger partial charge in [-0.1, -0.05) is 29.3 Å². The average Bonchev–Trinajstić information content (AvgIpc) is 2.59. The van der Waals surface area contributed by atoms with Crippen molar-refractivity contribution >= 4 is 35.2 Å². The van der Waals surface area contributed by atoms with Crippen LogP contribution in [0.2, 0.25) is 10.0 Å². The van der Waals surface area contributed by atoms with Crippen LogP contribution in [0.15, 0.2) is 42.0 Å². The highest BCUT2D eigenvalue weighted by Gasteiger charge is 2.12. The van der Waals surface area contributed by atoms with Gasteiger partial charge in [0.05, 0.1) is 7.11 Å². The largest absolute Gasteiger partial charge is 0.497 e. The number of rotatable bonds is 6. The summed E-state index contributed by atoms with van der Waals surface area (Å²) in [6, 6.07) is 11.6. The zero-order valence-corrected chi connectivity index (χ0v) is 14.6. The lowest BCUT2D eigenvalue weighted by molar-refractivity contribution is -0.132. The summed E-state index contributed by atoms with van der Waals surface area (Å²) in [6.07, 6.45) is 1.23. The number of halogens is 2. The van der Waals surface area contributed by atoms with Crippen LogP contribution in [0.3, 0.4) is 0 Å². The Hall–Kier alpha value is -2.68. The maximum atomic E-state index is 11.0. The third-order valence-corrected chi connectivity index (χ3v) is 4.01. The predicted octanol–water partition coefficient (Wildman–Crippen LogP) is 4.57. The van der Waals surface area contributed by atoms with E-state index in [4.69, 9.17) is 43.0 Å². The second-order valence-corrected chi connectivity index (χ2v) is 5.68. The van der Waals surface area contributed by atoms with Gasteiger partial charge in [0, 0.05) is 27.2 Å². The number of aliphatic carboxylic acids is 1. The molecule has 2 aromatic carbocycles. The van der Waals surface area contributed by atoms with E-state index in [9.17, 15) is 4.79 Å². The zero-order chi connectivity index (χ0) is 18.4. The van der Waals surface area contributed by atoms with Gasteiger partial charge in [-0.05, 0) is 30.3 Å². The third kappa shape index (κ3) is 4.66. The van der Waals surface area contributed by atoms with Crippen molar-refractivity contribution in [2.24, 2.45) is 0 Å². The standard InChI is InChI=1S/C18H13Cl2NO4/c1-24-13-6-5-11(7-12(9-21)18(22)23)17(8-13)25-10-14-15(19)3-2-4-16(14)20/h2-8H,10H2,1H3,(H,22,23). The summed E-state index contributed by atoms with van der Waals surface area (Å²) in [5.74, 6) is -0.464. The first-order valence-corrected chi connectivity index (χ1v) is 7.80. The number of nitrogens with zero attached hydrogens (tertiary/aromatic N) is 1. The van der Waals surface area contributed by atoms with Crippen LogP contribution >= 0.6 is 23.2 Å². The summed E-state index contributed by atoms with van der Waals surface area (Å²) in [4.78, 5) is 11.0. The minimum atomic E-state index is -1.32.